The molecule has 1 aromatic heterocycles. The van der Waals surface area contributed by atoms with Crippen LogP contribution in [-0.2, 0) is 13.6 Å². The number of aryl methyl sites for hydroxylation is 2. The van der Waals surface area contributed by atoms with Crippen molar-refractivity contribution in [2.45, 2.75) is 32.4 Å². The number of aromatic nitrogens is 2. The number of benzene rings is 1. The molecule has 1 aliphatic rings. The summed E-state index contributed by atoms with van der Waals surface area (Å²) in [5, 5.41) is 11.4. The molecule has 5 heteroatoms. The molecule has 2 aromatic rings. The first-order chi connectivity index (χ1) is 11.0. The summed E-state index contributed by atoms with van der Waals surface area (Å²) in [6, 6.07) is 6.24. The summed E-state index contributed by atoms with van der Waals surface area (Å²) < 4.78 is 1.91. The van der Waals surface area contributed by atoms with Gasteiger partial charge in [-0.15, -0.1) is 0 Å². The molecular weight excluding hydrogens is 310 g/mol. The number of halogens is 1. The van der Waals surface area contributed by atoms with Crippen LogP contribution < -0.4 is 0 Å². The number of nitrogens with zero attached hydrogens (tertiary/aromatic N) is 3. The topological polar surface area (TPSA) is 41.3 Å². The molecule has 0 radical (unpaired) electrons. The molecule has 1 saturated heterocycles. The van der Waals surface area contributed by atoms with Crippen LogP contribution in [0.1, 0.15) is 35.9 Å². The zero-order valence-corrected chi connectivity index (χ0v) is 14.5. The Morgan fingerprint density at radius 2 is 2.09 bits per heavy atom. The molecule has 1 aliphatic heterocycles. The molecule has 0 bridgehead atoms. The lowest BCUT2D eigenvalue weighted by molar-refractivity contribution is 0.0492. The summed E-state index contributed by atoms with van der Waals surface area (Å²) in [5.41, 5.74) is 2.43. The van der Waals surface area contributed by atoms with Gasteiger partial charge in [0.25, 0.3) is 0 Å². The van der Waals surface area contributed by atoms with E-state index in [0.717, 1.165) is 48.9 Å². The smallest absolute Gasteiger partial charge is 0.137 e. The fourth-order valence-electron chi connectivity index (χ4n) is 3.36. The Hall–Kier alpha value is -1.36. The first kappa shape index (κ1) is 16.5. The zero-order chi connectivity index (χ0) is 16.4. The van der Waals surface area contributed by atoms with Crippen molar-refractivity contribution in [2.75, 3.05) is 13.1 Å². The molecule has 0 amide bonds. The summed E-state index contributed by atoms with van der Waals surface area (Å²) in [4.78, 5) is 6.73. The molecule has 124 valence electrons. The second-order valence-electron chi connectivity index (χ2n) is 6.54. The lowest BCUT2D eigenvalue weighted by Crippen LogP contribution is -2.35. The number of hydrogen-bond donors (Lipinski definition) is 1. The molecular formula is C18H24ClN3O. The van der Waals surface area contributed by atoms with Crippen molar-refractivity contribution in [3.8, 4) is 0 Å². The minimum absolute atomic E-state index is 0.291. The zero-order valence-electron chi connectivity index (χ0n) is 13.7. The van der Waals surface area contributed by atoms with Crippen molar-refractivity contribution in [1.29, 1.82) is 0 Å². The maximum absolute atomic E-state index is 10.5. The van der Waals surface area contributed by atoms with Crippen molar-refractivity contribution >= 4 is 11.6 Å². The van der Waals surface area contributed by atoms with Crippen LogP contribution in [0.2, 0.25) is 5.02 Å². The van der Waals surface area contributed by atoms with E-state index in [1.54, 1.807) is 6.20 Å². The summed E-state index contributed by atoms with van der Waals surface area (Å²) in [5.74, 6) is 1.07. The molecule has 1 aromatic carbocycles. The summed E-state index contributed by atoms with van der Waals surface area (Å²) >= 11 is 6.09. The van der Waals surface area contributed by atoms with Crippen molar-refractivity contribution in [3.63, 3.8) is 0 Å². The van der Waals surface area contributed by atoms with Crippen molar-refractivity contribution in [1.82, 2.24) is 14.5 Å². The van der Waals surface area contributed by atoms with Gasteiger partial charge in [-0.25, -0.2) is 4.98 Å². The van der Waals surface area contributed by atoms with Gasteiger partial charge in [-0.2, -0.15) is 0 Å². The van der Waals surface area contributed by atoms with Gasteiger partial charge in [-0.1, -0.05) is 23.7 Å². The molecule has 0 saturated carbocycles. The SMILES string of the molecule is Cc1cc(CN2CCC(C(O)c3nccn3C)CC2)ccc1Cl. The Morgan fingerprint density at radius 1 is 1.35 bits per heavy atom. The van der Waals surface area contributed by atoms with Crippen LogP contribution >= 0.6 is 11.6 Å². The molecule has 1 unspecified atom stereocenters. The van der Waals surface area contributed by atoms with Gasteiger partial charge in [0.1, 0.15) is 11.9 Å². The summed E-state index contributed by atoms with van der Waals surface area (Å²) in [7, 11) is 1.93. The van der Waals surface area contributed by atoms with Crippen LogP contribution in [0.5, 0.6) is 0 Å². The van der Waals surface area contributed by atoms with Crippen molar-refractivity contribution in [3.05, 3.63) is 52.6 Å². The molecule has 2 heterocycles. The van der Waals surface area contributed by atoms with E-state index in [0.29, 0.717) is 5.92 Å². The monoisotopic (exact) mass is 333 g/mol. The predicted octanol–water partition coefficient (Wildman–Crippen LogP) is 3.33. The van der Waals surface area contributed by atoms with Crippen LogP contribution in [0.25, 0.3) is 0 Å². The molecule has 4 nitrogen and oxygen atoms in total. The molecule has 23 heavy (non-hydrogen) atoms. The second kappa shape index (κ2) is 7.04. The van der Waals surface area contributed by atoms with Gasteiger partial charge < -0.3 is 9.67 Å². The van der Waals surface area contributed by atoms with Gasteiger partial charge in [-0.05, 0) is 56.0 Å². The third-order valence-corrected chi connectivity index (χ3v) is 5.25. The Bertz CT molecular complexity index is 662. The van der Waals surface area contributed by atoms with Crippen LogP contribution in [0, 0.1) is 12.8 Å². The highest BCUT2D eigenvalue weighted by molar-refractivity contribution is 6.31. The van der Waals surface area contributed by atoms with Crippen LogP contribution in [0.15, 0.2) is 30.6 Å². The van der Waals surface area contributed by atoms with Crippen molar-refractivity contribution in [2.24, 2.45) is 13.0 Å². The molecule has 1 N–H and O–H groups in total. The number of aliphatic hydroxyl groups excluding tert-OH is 1. The van der Waals surface area contributed by atoms with E-state index in [1.165, 1.54) is 5.56 Å². The van der Waals surface area contributed by atoms with Gasteiger partial charge in [0.05, 0.1) is 0 Å². The number of rotatable bonds is 4. The number of imidazole rings is 1. The summed E-state index contributed by atoms with van der Waals surface area (Å²) in [6.07, 6.45) is 5.17. The lowest BCUT2D eigenvalue weighted by Gasteiger charge is -2.34. The number of likely N-dealkylation sites (tertiary alicyclic amines) is 1. The fourth-order valence-corrected chi connectivity index (χ4v) is 3.48. The fraction of sp³-hybridized carbons (Fsp3) is 0.500. The third-order valence-electron chi connectivity index (χ3n) is 4.83. The van der Waals surface area contributed by atoms with Gasteiger partial charge in [-0.3, -0.25) is 4.90 Å². The molecule has 3 rings (SSSR count). The van der Waals surface area contributed by atoms with E-state index in [4.69, 9.17) is 11.6 Å². The highest BCUT2D eigenvalue weighted by atomic mass is 35.5. The number of aliphatic hydroxyl groups is 1. The van der Waals surface area contributed by atoms with Gasteiger partial charge in [0.2, 0.25) is 0 Å². The van der Waals surface area contributed by atoms with E-state index in [1.807, 2.05) is 30.8 Å². The minimum atomic E-state index is -0.463. The van der Waals surface area contributed by atoms with E-state index < -0.39 is 6.10 Å². The first-order valence-corrected chi connectivity index (χ1v) is 8.55. The van der Waals surface area contributed by atoms with E-state index in [2.05, 4.69) is 22.0 Å². The Morgan fingerprint density at radius 3 is 2.70 bits per heavy atom. The predicted molar refractivity (Wildman–Crippen MR) is 92.4 cm³/mol. The minimum Gasteiger partial charge on any atom is -0.385 e. The maximum atomic E-state index is 10.5. The average molecular weight is 334 g/mol. The normalized spacial score (nSPS) is 18.3. The Balaban J connectivity index is 1.56. The Labute approximate surface area is 142 Å². The number of hydrogen-bond acceptors (Lipinski definition) is 3. The van der Waals surface area contributed by atoms with Crippen LogP contribution in [0.4, 0.5) is 0 Å². The molecule has 0 aliphatic carbocycles. The largest absolute Gasteiger partial charge is 0.385 e. The molecule has 1 atom stereocenters. The highest BCUT2D eigenvalue weighted by Crippen LogP contribution is 2.30. The third kappa shape index (κ3) is 3.77. The van der Waals surface area contributed by atoms with E-state index >= 15 is 0 Å². The molecule has 0 spiro atoms. The van der Waals surface area contributed by atoms with Crippen molar-refractivity contribution < 1.29 is 5.11 Å². The number of piperidine rings is 1. The van der Waals surface area contributed by atoms with Crippen LogP contribution in [-0.4, -0.2) is 32.6 Å². The van der Waals surface area contributed by atoms with E-state index in [9.17, 15) is 5.11 Å². The Kier molecular flexibility index (Phi) is 5.05. The highest BCUT2D eigenvalue weighted by Gasteiger charge is 2.28. The van der Waals surface area contributed by atoms with Gasteiger partial charge in [0, 0.05) is 31.0 Å². The lowest BCUT2D eigenvalue weighted by atomic mass is 9.90. The van der Waals surface area contributed by atoms with E-state index in [-0.39, 0.29) is 0 Å². The van der Waals surface area contributed by atoms with Gasteiger partial charge in [0.15, 0.2) is 0 Å². The molecule has 1 fully saturated rings. The quantitative estimate of drug-likeness (QED) is 0.933. The maximum Gasteiger partial charge on any atom is 0.137 e. The van der Waals surface area contributed by atoms with Gasteiger partial charge >= 0.3 is 0 Å². The standard InChI is InChI=1S/C18H24ClN3O/c1-13-11-14(3-4-16(13)19)12-22-8-5-15(6-9-22)17(23)18-20-7-10-21(18)2/h3-4,7,10-11,15,17,23H,5-6,8-9,12H2,1-2H3. The average Bonchev–Trinajstić information content (AvgIpc) is 2.97. The second-order valence-corrected chi connectivity index (χ2v) is 6.95. The first-order valence-electron chi connectivity index (χ1n) is 8.17. The summed E-state index contributed by atoms with van der Waals surface area (Å²) in [6.45, 7) is 5.01. The van der Waals surface area contributed by atoms with Crippen LogP contribution in [0.3, 0.4) is 0 Å².